The first-order chi connectivity index (χ1) is 29.6. The monoisotopic (exact) mass is 807 g/mol. The summed E-state index contributed by atoms with van der Waals surface area (Å²) in [7, 11) is 0. The van der Waals surface area contributed by atoms with Gasteiger partial charge in [-0.1, -0.05) is 122 Å². The number of benzene rings is 9. The maximum atomic E-state index is 2.57. The maximum absolute atomic E-state index is 2.57. The van der Waals surface area contributed by atoms with E-state index in [9.17, 15) is 0 Å². The van der Waals surface area contributed by atoms with Crippen molar-refractivity contribution in [3.63, 3.8) is 0 Å². The molecule has 9 aromatic carbocycles. The van der Waals surface area contributed by atoms with Crippen LogP contribution in [0.15, 0.2) is 127 Å². The molecular weight excluding hydrogens is 751 g/mol. The van der Waals surface area contributed by atoms with Crippen molar-refractivity contribution in [1.82, 2.24) is 0 Å². The molecule has 308 valence electrons. The van der Waals surface area contributed by atoms with Crippen LogP contribution < -0.4 is 14.7 Å². The Morgan fingerprint density at radius 2 is 0.677 bits per heavy atom. The number of aryl methyl sites for hydroxylation is 9. The number of hydrogen-bond donors (Lipinski definition) is 0. The quantitative estimate of drug-likeness (QED) is 0.165. The predicted molar refractivity (Wildman–Crippen MR) is 269 cm³/mol. The summed E-state index contributed by atoms with van der Waals surface area (Å²) >= 11 is 0. The van der Waals surface area contributed by atoms with Crippen LogP contribution in [0.1, 0.15) is 76.4 Å². The molecule has 0 aromatic heterocycles. The highest BCUT2D eigenvalue weighted by Gasteiger charge is 2.30. The van der Waals surface area contributed by atoms with Crippen LogP contribution in [0.3, 0.4) is 0 Å². The van der Waals surface area contributed by atoms with Gasteiger partial charge in [0, 0.05) is 38.9 Å². The Morgan fingerprint density at radius 1 is 0.339 bits per heavy atom. The fourth-order valence-electron chi connectivity index (χ4n) is 11.0. The first kappa shape index (κ1) is 39.5. The fourth-order valence-corrected chi connectivity index (χ4v) is 11.0. The lowest BCUT2D eigenvalue weighted by Crippen LogP contribution is -2.19. The second-order valence-corrected chi connectivity index (χ2v) is 19.4. The minimum absolute atomic E-state index is 0.0166. The van der Waals surface area contributed by atoms with Gasteiger partial charge in [0.25, 0.3) is 0 Å². The van der Waals surface area contributed by atoms with Crippen molar-refractivity contribution in [2.45, 2.75) is 88.5 Å². The average molecular weight is 808 g/mol. The maximum Gasteiger partial charge on any atom is 0.0561 e. The minimum atomic E-state index is 0.0166. The molecule has 0 saturated heterocycles. The minimum Gasteiger partial charge on any atom is -0.310 e. The van der Waals surface area contributed by atoms with Gasteiger partial charge in [-0.05, 0) is 165 Å². The third-order valence-electron chi connectivity index (χ3n) is 13.3. The molecule has 0 unspecified atom stereocenters. The van der Waals surface area contributed by atoms with Gasteiger partial charge < -0.3 is 14.7 Å². The van der Waals surface area contributed by atoms with Crippen LogP contribution >= 0.6 is 0 Å². The summed E-state index contributed by atoms with van der Waals surface area (Å²) in [6.07, 6.45) is 0. The third-order valence-corrected chi connectivity index (χ3v) is 13.3. The molecule has 1 aliphatic heterocycles. The zero-order valence-electron chi connectivity index (χ0n) is 38.5. The normalized spacial score (nSPS) is 13.1. The molecule has 3 nitrogen and oxygen atoms in total. The summed E-state index contributed by atoms with van der Waals surface area (Å²) in [5.74, 6) is 0. The van der Waals surface area contributed by atoms with E-state index >= 15 is 0 Å². The Kier molecular flexibility index (Phi) is 9.09. The topological polar surface area (TPSA) is 9.72 Å². The second-order valence-electron chi connectivity index (χ2n) is 19.4. The third kappa shape index (κ3) is 6.24. The second kappa shape index (κ2) is 14.2. The van der Waals surface area contributed by atoms with E-state index in [1.165, 1.54) is 105 Å². The van der Waals surface area contributed by atoms with Crippen molar-refractivity contribution in [2.75, 3.05) is 14.7 Å². The Morgan fingerprint density at radius 3 is 1.03 bits per heavy atom. The van der Waals surface area contributed by atoms with Crippen molar-refractivity contribution in [2.24, 2.45) is 0 Å². The van der Waals surface area contributed by atoms with E-state index in [4.69, 9.17) is 0 Å². The first-order valence-corrected chi connectivity index (χ1v) is 22.2. The largest absolute Gasteiger partial charge is 0.310 e. The Hall–Kier alpha value is -6.58. The number of fused-ring (bicyclic) bond motifs is 8. The summed E-state index contributed by atoms with van der Waals surface area (Å²) in [5.41, 5.74) is 23.1. The molecule has 0 amide bonds. The van der Waals surface area contributed by atoms with Crippen molar-refractivity contribution in [3.8, 4) is 0 Å². The van der Waals surface area contributed by atoms with Crippen LogP contribution in [-0.2, 0) is 5.41 Å². The summed E-state index contributed by atoms with van der Waals surface area (Å²) < 4.78 is 0. The van der Waals surface area contributed by atoms with E-state index in [-0.39, 0.29) is 5.41 Å². The molecular formula is C59H57N3. The molecule has 9 aromatic rings. The van der Waals surface area contributed by atoms with Crippen LogP contribution in [-0.4, -0.2) is 0 Å². The molecule has 0 spiro atoms. The molecule has 0 N–H and O–H groups in total. The van der Waals surface area contributed by atoms with Crippen LogP contribution in [0.25, 0.3) is 32.3 Å². The highest BCUT2D eigenvalue weighted by atomic mass is 15.2. The molecule has 62 heavy (non-hydrogen) atoms. The predicted octanol–water partition coefficient (Wildman–Crippen LogP) is 17.4. The van der Waals surface area contributed by atoms with E-state index in [1.54, 1.807) is 0 Å². The average Bonchev–Trinajstić information content (AvgIpc) is 3.20. The van der Waals surface area contributed by atoms with Crippen molar-refractivity contribution in [3.05, 3.63) is 183 Å². The van der Waals surface area contributed by atoms with E-state index in [2.05, 4.69) is 225 Å². The van der Waals surface area contributed by atoms with Crippen LogP contribution in [0, 0.1) is 62.3 Å². The lowest BCUT2D eigenvalue weighted by molar-refractivity contribution is 0.591. The molecule has 6 bridgehead atoms. The summed E-state index contributed by atoms with van der Waals surface area (Å²) in [6, 6.07) is 49.4. The van der Waals surface area contributed by atoms with Gasteiger partial charge in [-0.2, -0.15) is 0 Å². The molecule has 0 saturated carbocycles. The summed E-state index contributed by atoms with van der Waals surface area (Å²) in [5, 5.41) is 7.64. The number of anilines is 9. The molecule has 1 aliphatic rings. The van der Waals surface area contributed by atoms with Crippen molar-refractivity contribution < 1.29 is 0 Å². The van der Waals surface area contributed by atoms with Crippen LogP contribution in [0.4, 0.5) is 51.2 Å². The lowest BCUT2D eigenvalue weighted by Gasteiger charge is -2.37. The molecule has 1 heterocycles. The summed E-state index contributed by atoms with van der Waals surface area (Å²) in [4.78, 5) is 7.63. The smallest absolute Gasteiger partial charge is 0.0561 e. The molecule has 0 atom stereocenters. The van der Waals surface area contributed by atoms with Gasteiger partial charge in [-0.3, -0.25) is 0 Å². The fraction of sp³-hybridized carbons (Fsp3) is 0.220. The molecule has 0 radical (unpaired) electrons. The zero-order valence-corrected chi connectivity index (χ0v) is 38.5. The van der Waals surface area contributed by atoms with Crippen molar-refractivity contribution in [1.29, 1.82) is 0 Å². The van der Waals surface area contributed by atoms with Gasteiger partial charge in [-0.25, -0.2) is 0 Å². The van der Waals surface area contributed by atoms with E-state index < -0.39 is 0 Å². The van der Waals surface area contributed by atoms with E-state index in [0.717, 1.165) is 34.1 Å². The zero-order chi connectivity index (χ0) is 43.5. The van der Waals surface area contributed by atoms with Crippen LogP contribution in [0.5, 0.6) is 0 Å². The van der Waals surface area contributed by atoms with Gasteiger partial charge in [0.05, 0.1) is 28.4 Å². The summed E-state index contributed by atoms with van der Waals surface area (Å²) in [6.45, 7) is 27.2. The van der Waals surface area contributed by atoms with Gasteiger partial charge in [-0.15, -0.1) is 0 Å². The Bertz CT molecular complexity index is 3040. The van der Waals surface area contributed by atoms with Gasteiger partial charge in [0.2, 0.25) is 0 Å². The van der Waals surface area contributed by atoms with Crippen LogP contribution in [0.2, 0.25) is 0 Å². The molecule has 3 heteroatoms. The van der Waals surface area contributed by atoms with Gasteiger partial charge >= 0.3 is 0 Å². The number of hydrogen-bond acceptors (Lipinski definition) is 3. The number of nitrogens with zero attached hydrogens (tertiary/aromatic N) is 3. The van der Waals surface area contributed by atoms with Gasteiger partial charge in [0.1, 0.15) is 0 Å². The highest BCUT2D eigenvalue weighted by molar-refractivity contribution is 6.29. The first-order valence-electron chi connectivity index (χ1n) is 22.2. The molecule has 0 aliphatic carbocycles. The van der Waals surface area contributed by atoms with Gasteiger partial charge in [0.15, 0.2) is 0 Å². The number of rotatable bonds is 3. The van der Waals surface area contributed by atoms with E-state index in [1.807, 2.05) is 0 Å². The standard InChI is InChI=1S/C59H57N3/c1-34-23-37(4)56(38(5)24-34)60-46-15-13-17-48(31-46)61(57-39(6)25-35(2)26-40(57)7)52-33-53(62(49-18-14-16-47(60)32-49)58-41(8)27-36(3)28-42(58)9)51-22-20-44-30-45(59(10,11)12)29-43-19-21-50(52)55(51)54(43)44/h13-33H,1-12H3. The van der Waals surface area contributed by atoms with E-state index in [0.29, 0.717) is 0 Å². The lowest BCUT2D eigenvalue weighted by atomic mass is 9.83. The Labute approximate surface area is 368 Å². The molecule has 0 fully saturated rings. The Balaban J connectivity index is 1.44. The highest BCUT2D eigenvalue weighted by Crippen LogP contribution is 2.54. The SMILES string of the molecule is Cc1cc(C)c(N2c3cccc(c3)N(c3c(C)cc(C)cc3C)c3cc(c4ccc5cc(C(C)(C)C)cc6ccc3c4c65)N(c3c(C)cc(C)cc3C)c3cccc2c3)c(C)c1. The molecule has 10 rings (SSSR count). The van der Waals surface area contributed by atoms with Crippen molar-refractivity contribution >= 4 is 83.5 Å².